The fourth-order valence-corrected chi connectivity index (χ4v) is 2.92. The van der Waals surface area contributed by atoms with E-state index in [1.807, 2.05) is 0 Å². The van der Waals surface area contributed by atoms with Gasteiger partial charge in [0.25, 0.3) is 5.56 Å². The number of benzene rings is 1. The average molecular weight is 372 g/mol. The lowest BCUT2D eigenvalue weighted by Crippen LogP contribution is -2.34. The van der Waals surface area contributed by atoms with E-state index >= 15 is 0 Å². The molecule has 1 saturated heterocycles. The van der Waals surface area contributed by atoms with E-state index < -0.39 is 35.9 Å². The number of carbonyl (C=O) groups excluding carboxylic acids is 1. The molecule has 0 spiro atoms. The molecule has 1 aliphatic rings. The van der Waals surface area contributed by atoms with Gasteiger partial charge in [-0.3, -0.25) is 4.79 Å². The summed E-state index contributed by atoms with van der Waals surface area (Å²) < 4.78 is 10.7. The molecular weight excluding hydrogens is 356 g/mol. The molecule has 1 aliphatic heterocycles. The normalized spacial score (nSPS) is 25.0. The zero-order valence-corrected chi connectivity index (χ0v) is 13.9. The van der Waals surface area contributed by atoms with Crippen LogP contribution < -0.4 is 5.56 Å². The number of esters is 1. The molecule has 27 heavy (non-hydrogen) atoms. The van der Waals surface area contributed by atoms with Crippen molar-refractivity contribution in [1.29, 1.82) is 0 Å². The van der Waals surface area contributed by atoms with Crippen LogP contribution in [0.5, 0.6) is 0 Å². The third-order valence-electron chi connectivity index (χ3n) is 4.33. The van der Waals surface area contributed by atoms with Gasteiger partial charge in [0.1, 0.15) is 36.8 Å². The number of rotatable bonds is 4. The molecule has 1 aromatic carbocycles. The molecule has 0 unspecified atom stereocenters. The predicted octanol–water partition coefficient (Wildman–Crippen LogP) is -0.335. The van der Waals surface area contributed by atoms with Crippen LogP contribution in [0.15, 0.2) is 41.5 Å². The minimum Gasteiger partial charge on any atom is -0.459 e. The second-order valence-electron chi connectivity index (χ2n) is 6.09. The molecular formula is C17H16N4O6. The molecule has 3 heterocycles. The van der Waals surface area contributed by atoms with Crippen LogP contribution in [-0.2, 0) is 9.47 Å². The van der Waals surface area contributed by atoms with Gasteiger partial charge in [-0.1, -0.05) is 18.2 Å². The number of hydrogen-bond acceptors (Lipinski definition) is 8. The Morgan fingerprint density at radius 2 is 2.00 bits per heavy atom. The number of carbonyl (C=O) groups is 1. The zero-order chi connectivity index (χ0) is 19.0. The van der Waals surface area contributed by atoms with Gasteiger partial charge in [-0.15, -0.1) is 0 Å². The number of H-pyrrole nitrogens is 2. The van der Waals surface area contributed by atoms with Crippen LogP contribution in [0.2, 0.25) is 0 Å². The van der Waals surface area contributed by atoms with Crippen molar-refractivity contribution in [2.75, 3.05) is 6.61 Å². The molecule has 0 saturated carbocycles. The van der Waals surface area contributed by atoms with Gasteiger partial charge in [0.05, 0.1) is 11.9 Å². The molecule has 0 bridgehead atoms. The SMILES string of the molecule is O=C(OC[C@@H]1O[C@@H](c2nc3nc[nH]c3c(=O)[nH]2)[C@@H](O)[C@H]1O)c1ccccc1. The van der Waals surface area contributed by atoms with Crippen molar-refractivity contribution in [2.24, 2.45) is 0 Å². The number of aromatic amines is 2. The minimum absolute atomic E-state index is 0.0306. The Balaban J connectivity index is 1.48. The van der Waals surface area contributed by atoms with Crippen LogP contribution in [-0.4, -0.2) is 61.0 Å². The molecule has 10 heteroatoms. The maximum atomic E-state index is 12.0. The lowest BCUT2D eigenvalue weighted by atomic mass is 10.1. The highest BCUT2D eigenvalue weighted by Crippen LogP contribution is 2.32. The first-order valence-corrected chi connectivity index (χ1v) is 8.21. The lowest BCUT2D eigenvalue weighted by molar-refractivity contribution is -0.0359. The van der Waals surface area contributed by atoms with Gasteiger partial charge in [-0.05, 0) is 12.1 Å². The van der Waals surface area contributed by atoms with Crippen LogP contribution in [0.3, 0.4) is 0 Å². The van der Waals surface area contributed by atoms with Crippen LogP contribution in [0, 0.1) is 0 Å². The highest BCUT2D eigenvalue weighted by atomic mass is 16.6. The number of ether oxygens (including phenoxy) is 2. The van der Waals surface area contributed by atoms with Crippen molar-refractivity contribution < 1.29 is 24.5 Å². The first-order valence-electron chi connectivity index (χ1n) is 8.21. The van der Waals surface area contributed by atoms with E-state index in [0.717, 1.165) is 0 Å². The van der Waals surface area contributed by atoms with Gasteiger partial charge in [0.15, 0.2) is 11.2 Å². The minimum atomic E-state index is -1.36. The maximum Gasteiger partial charge on any atom is 0.338 e. The second kappa shape index (κ2) is 6.91. The van der Waals surface area contributed by atoms with Gasteiger partial charge < -0.3 is 29.7 Å². The Bertz CT molecular complexity index is 1020. The van der Waals surface area contributed by atoms with E-state index in [9.17, 15) is 19.8 Å². The molecule has 4 N–H and O–H groups in total. The fourth-order valence-electron chi connectivity index (χ4n) is 2.92. The van der Waals surface area contributed by atoms with E-state index in [0.29, 0.717) is 5.56 Å². The summed E-state index contributed by atoms with van der Waals surface area (Å²) in [7, 11) is 0. The fraction of sp³-hybridized carbons (Fsp3) is 0.294. The summed E-state index contributed by atoms with van der Waals surface area (Å²) in [4.78, 5) is 37.2. The maximum absolute atomic E-state index is 12.0. The number of aromatic nitrogens is 4. The Morgan fingerprint density at radius 3 is 2.78 bits per heavy atom. The first-order chi connectivity index (χ1) is 13.0. The van der Waals surface area contributed by atoms with E-state index in [2.05, 4.69) is 19.9 Å². The predicted molar refractivity (Wildman–Crippen MR) is 90.9 cm³/mol. The quantitative estimate of drug-likeness (QED) is 0.454. The largest absolute Gasteiger partial charge is 0.459 e. The van der Waals surface area contributed by atoms with Crippen molar-refractivity contribution in [2.45, 2.75) is 24.4 Å². The number of hydrogen-bond donors (Lipinski definition) is 4. The molecule has 0 amide bonds. The summed E-state index contributed by atoms with van der Waals surface area (Å²) in [5, 5.41) is 20.5. The summed E-state index contributed by atoms with van der Waals surface area (Å²) in [5.74, 6) is -0.545. The second-order valence-corrected chi connectivity index (χ2v) is 6.09. The Hall–Kier alpha value is -3.08. The van der Waals surface area contributed by atoms with Crippen LogP contribution >= 0.6 is 0 Å². The number of nitrogens with zero attached hydrogens (tertiary/aromatic N) is 2. The third-order valence-corrected chi connectivity index (χ3v) is 4.33. The third kappa shape index (κ3) is 3.21. The van der Waals surface area contributed by atoms with Gasteiger partial charge in [-0.2, -0.15) is 0 Å². The summed E-state index contributed by atoms with van der Waals surface area (Å²) in [6.45, 7) is -0.267. The van der Waals surface area contributed by atoms with Crippen LogP contribution in [0.1, 0.15) is 22.3 Å². The molecule has 0 radical (unpaired) electrons. The molecule has 10 nitrogen and oxygen atoms in total. The van der Waals surface area contributed by atoms with Crippen molar-refractivity contribution in [1.82, 2.24) is 19.9 Å². The number of fused-ring (bicyclic) bond motifs is 1. The van der Waals surface area contributed by atoms with E-state index in [1.165, 1.54) is 6.33 Å². The van der Waals surface area contributed by atoms with Crippen molar-refractivity contribution >= 4 is 17.1 Å². The van der Waals surface area contributed by atoms with Gasteiger partial charge in [0, 0.05) is 0 Å². The molecule has 2 aromatic heterocycles. The van der Waals surface area contributed by atoms with Gasteiger partial charge in [-0.25, -0.2) is 14.8 Å². The highest BCUT2D eigenvalue weighted by Gasteiger charge is 2.45. The molecule has 4 atom stereocenters. The van der Waals surface area contributed by atoms with Crippen LogP contribution in [0.25, 0.3) is 11.2 Å². The number of imidazole rings is 1. The number of nitrogens with one attached hydrogen (secondary N) is 2. The summed E-state index contributed by atoms with van der Waals surface area (Å²) in [6, 6.07) is 8.36. The average Bonchev–Trinajstić information content (AvgIpc) is 3.26. The smallest absolute Gasteiger partial charge is 0.338 e. The summed E-state index contributed by atoms with van der Waals surface area (Å²) >= 11 is 0. The standard InChI is InChI=1S/C17H16N4O6/c22-11-9(6-26-17(25)8-4-2-1-3-5-8)27-13(12(11)23)15-20-14-10(16(24)21-15)18-7-19-14/h1-5,7,9,11-13,22-23H,6H2,(H2,18,19,20,21,24)/t9-,11-,12-,13+/m0/s1. The van der Waals surface area contributed by atoms with Gasteiger partial charge in [0.2, 0.25) is 0 Å². The number of aliphatic hydroxyl groups is 2. The zero-order valence-electron chi connectivity index (χ0n) is 13.9. The number of aliphatic hydroxyl groups excluding tert-OH is 2. The molecule has 140 valence electrons. The molecule has 3 aromatic rings. The Morgan fingerprint density at radius 1 is 1.22 bits per heavy atom. The van der Waals surface area contributed by atoms with E-state index in [4.69, 9.17) is 9.47 Å². The van der Waals surface area contributed by atoms with Crippen molar-refractivity contribution in [3.8, 4) is 0 Å². The summed E-state index contributed by atoms with van der Waals surface area (Å²) in [5.41, 5.74) is 0.243. The van der Waals surface area contributed by atoms with Crippen LogP contribution in [0.4, 0.5) is 0 Å². The monoisotopic (exact) mass is 372 g/mol. The van der Waals surface area contributed by atoms with Gasteiger partial charge >= 0.3 is 5.97 Å². The molecule has 4 rings (SSSR count). The first kappa shape index (κ1) is 17.3. The topological polar surface area (TPSA) is 150 Å². The highest BCUT2D eigenvalue weighted by molar-refractivity contribution is 5.89. The Labute approximate surface area is 151 Å². The van der Waals surface area contributed by atoms with E-state index in [-0.39, 0.29) is 23.6 Å². The lowest BCUT2D eigenvalue weighted by Gasteiger charge is -2.14. The molecule has 1 fully saturated rings. The van der Waals surface area contributed by atoms with E-state index in [1.54, 1.807) is 30.3 Å². The van der Waals surface area contributed by atoms with Crippen molar-refractivity contribution in [3.63, 3.8) is 0 Å². The Kier molecular flexibility index (Phi) is 4.44. The van der Waals surface area contributed by atoms with Crippen molar-refractivity contribution in [3.05, 3.63) is 58.4 Å². The summed E-state index contributed by atoms with van der Waals surface area (Å²) in [6.07, 6.45) is -3.42. The molecule has 0 aliphatic carbocycles.